The molecule has 0 aromatic heterocycles. The number of phenolic OH excluding ortho intramolecular Hbond substituents is 2. The minimum absolute atomic E-state index is 0.0198. The molecule has 4 aliphatic heterocycles. The third-order valence-electron chi connectivity index (χ3n) is 8.15. The van der Waals surface area contributed by atoms with Gasteiger partial charge in [0.15, 0.2) is 0 Å². The fourth-order valence-electron chi connectivity index (χ4n) is 5.96. The maximum atomic E-state index is 13.0. The second-order valence-electron chi connectivity index (χ2n) is 10.7. The van der Waals surface area contributed by atoms with Gasteiger partial charge in [0.25, 0.3) is 11.8 Å². The van der Waals surface area contributed by atoms with Crippen LogP contribution in [0, 0.1) is 0 Å². The van der Waals surface area contributed by atoms with E-state index in [0.29, 0.717) is 73.6 Å². The number of fused-ring (bicyclic) bond motifs is 6. The molecule has 0 aliphatic carbocycles. The van der Waals surface area contributed by atoms with E-state index in [1.807, 2.05) is 6.92 Å². The van der Waals surface area contributed by atoms with Gasteiger partial charge in [-0.3, -0.25) is 9.59 Å². The highest BCUT2D eigenvalue weighted by Gasteiger charge is 2.38. The molecule has 4 aliphatic rings. The van der Waals surface area contributed by atoms with Gasteiger partial charge in [-0.1, -0.05) is 0 Å². The molecule has 0 fully saturated rings. The maximum Gasteiger partial charge on any atom is 0.254 e. The SMILES string of the molecule is CC1CCc2c(O)cc3c(c2O1)CN(CCCCN1Cc2c(cc(O)c4c2O[C@H](C)[C@@H](O)C4)C1=O)C3=O. The number of carbonyl (C=O) groups is 2. The first kappa shape index (κ1) is 23.9. The molecule has 37 heavy (non-hydrogen) atoms. The zero-order valence-corrected chi connectivity index (χ0v) is 21.1. The lowest BCUT2D eigenvalue weighted by atomic mass is 9.94. The second-order valence-corrected chi connectivity index (χ2v) is 10.7. The molecule has 2 amide bonds. The topological polar surface area (TPSA) is 120 Å². The third-order valence-corrected chi connectivity index (χ3v) is 8.15. The molecule has 196 valence electrons. The van der Waals surface area contributed by atoms with Crippen LogP contribution in [0.25, 0.3) is 0 Å². The van der Waals surface area contributed by atoms with Gasteiger partial charge in [0.05, 0.1) is 36.4 Å². The zero-order valence-electron chi connectivity index (χ0n) is 21.1. The summed E-state index contributed by atoms with van der Waals surface area (Å²) in [6.07, 6.45) is 2.24. The highest BCUT2D eigenvalue weighted by Crippen LogP contribution is 2.44. The lowest BCUT2D eigenvalue weighted by molar-refractivity contribution is 0.0311. The summed E-state index contributed by atoms with van der Waals surface area (Å²) in [5.74, 6) is 1.05. The van der Waals surface area contributed by atoms with Crippen LogP contribution in [0.2, 0.25) is 0 Å². The Hall–Kier alpha value is -3.46. The van der Waals surface area contributed by atoms with Crippen molar-refractivity contribution in [1.29, 1.82) is 0 Å². The molecule has 6 rings (SSSR count). The molecule has 0 saturated heterocycles. The van der Waals surface area contributed by atoms with E-state index in [-0.39, 0.29) is 29.4 Å². The van der Waals surface area contributed by atoms with Crippen LogP contribution in [0.3, 0.4) is 0 Å². The summed E-state index contributed by atoms with van der Waals surface area (Å²) in [7, 11) is 0. The number of aromatic hydroxyl groups is 2. The van der Waals surface area contributed by atoms with Crippen LogP contribution in [0.4, 0.5) is 0 Å². The molecule has 1 unspecified atom stereocenters. The predicted octanol–water partition coefficient (Wildman–Crippen LogP) is 2.89. The molecule has 0 bridgehead atoms. The van der Waals surface area contributed by atoms with E-state index in [9.17, 15) is 24.9 Å². The standard InChI is InChI=1S/C28H32N2O7/c1-14-5-6-16-23(32)9-17-20(25(16)36-14)12-29(27(17)34)7-3-4-8-30-13-21-18(28(30)35)10-24(33)19-11-22(31)15(2)37-26(19)21/h9-10,14-15,22,31-33H,3-8,11-13H2,1-2H3/t14?,15-,22+/m1/s1. The predicted molar refractivity (Wildman–Crippen MR) is 133 cm³/mol. The van der Waals surface area contributed by atoms with Crippen LogP contribution < -0.4 is 9.47 Å². The van der Waals surface area contributed by atoms with Crippen molar-refractivity contribution in [2.45, 2.75) is 77.4 Å². The van der Waals surface area contributed by atoms with Crippen LogP contribution in [-0.4, -0.2) is 68.3 Å². The quantitative estimate of drug-likeness (QED) is 0.531. The molecule has 4 heterocycles. The highest BCUT2D eigenvalue weighted by molar-refractivity contribution is 6.00. The largest absolute Gasteiger partial charge is 0.508 e. The van der Waals surface area contributed by atoms with Crippen molar-refractivity contribution in [3.63, 3.8) is 0 Å². The molecule has 9 nitrogen and oxygen atoms in total. The van der Waals surface area contributed by atoms with Crippen LogP contribution in [0.1, 0.15) is 76.1 Å². The highest BCUT2D eigenvalue weighted by atomic mass is 16.5. The molecule has 2 aromatic carbocycles. The molecular weight excluding hydrogens is 476 g/mol. The van der Waals surface area contributed by atoms with Crippen LogP contribution >= 0.6 is 0 Å². The molecule has 0 spiro atoms. The van der Waals surface area contributed by atoms with Crippen LogP contribution in [0.15, 0.2) is 12.1 Å². The summed E-state index contributed by atoms with van der Waals surface area (Å²) in [5, 5.41) is 31.0. The number of aliphatic hydroxyl groups is 1. The van der Waals surface area contributed by atoms with Gasteiger partial charge >= 0.3 is 0 Å². The number of unbranched alkanes of at least 4 members (excludes halogenated alkanes) is 1. The first-order valence-corrected chi connectivity index (χ1v) is 13.1. The smallest absolute Gasteiger partial charge is 0.254 e. The lowest BCUT2D eigenvalue weighted by Gasteiger charge is -2.30. The number of amides is 2. The van der Waals surface area contributed by atoms with E-state index in [1.165, 1.54) is 6.07 Å². The number of aliphatic hydroxyl groups excluding tert-OH is 1. The Labute approximate surface area is 215 Å². The summed E-state index contributed by atoms with van der Waals surface area (Å²) < 4.78 is 11.9. The summed E-state index contributed by atoms with van der Waals surface area (Å²) in [5.41, 5.74) is 3.93. The molecule has 0 saturated carbocycles. The van der Waals surface area contributed by atoms with E-state index in [1.54, 1.807) is 22.8 Å². The Balaban J connectivity index is 1.09. The fourth-order valence-corrected chi connectivity index (χ4v) is 5.96. The van der Waals surface area contributed by atoms with Gasteiger partial charge in [-0.2, -0.15) is 0 Å². The van der Waals surface area contributed by atoms with Gasteiger partial charge in [-0.05, 0) is 51.7 Å². The number of carbonyl (C=O) groups excluding carboxylic acids is 2. The first-order valence-electron chi connectivity index (χ1n) is 13.1. The van der Waals surface area contributed by atoms with Crippen molar-refractivity contribution < 1.29 is 34.4 Å². The van der Waals surface area contributed by atoms with Crippen LogP contribution in [0.5, 0.6) is 23.0 Å². The molecular formula is C28H32N2O7. The molecule has 9 heteroatoms. The van der Waals surface area contributed by atoms with E-state index < -0.39 is 12.2 Å². The first-order chi connectivity index (χ1) is 17.7. The molecule has 3 atom stereocenters. The van der Waals surface area contributed by atoms with Crippen molar-refractivity contribution in [2.75, 3.05) is 13.1 Å². The van der Waals surface area contributed by atoms with Gasteiger partial charge in [0.2, 0.25) is 0 Å². The van der Waals surface area contributed by atoms with Crippen molar-refractivity contribution in [3.05, 3.63) is 45.5 Å². The minimum atomic E-state index is -0.700. The molecule has 3 N–H and O–H groups in total. The second kappa shape index (κ2) is 8.83. The molecule has 2 aromatic rings. The summed E-state index contributed by atoms with van der Waals surface area (Å²) in [6.45, 7) is 5.70. The van der Waals surface area contributed by atoms with Gasteiger partial charge in [0.1, 0.15) is 29.1 Å². The summed E-state index contributed by atoms with van der Waals surface area (Å²) >= 11 is 0. The summed E-state index contributed by atoms with van der Waals surface area (Å²) in [4.78, 5) is 29.6. The van der Waals surface area contributed by atoms with E-state index in [2.05, 4.69) is 0 Å². The van der Waals surface area contributed by atoms with Crippen molar-refractivity contribution >= 4 is 11.8 Å². The number of ether oxygens (including phenoxy) is 2. The third kappa shape index (κ3) is 3.87. The monoisotopic (exact) mass is 508 g/mol. The lowest BCUT2D eigenvalue weighted by Crippen LogP contribution is -2.35. The Bertz CT molecular complexity index is 1310. The summed E-state index contributed by atoms with van der Waals surface area (Å²) in [6, 6.07) is 3.07. The average molecular weight is 509 g/mol. The maximum absolute atomic E-state index is 13.0. The number of phenols is 2. The number of rotatable bonds is 5. The van der Waals surface area contributed by atoms with Crippen molar-refractivity contribution in [3.8, 4) is 23.0 Å². The van der Waals surface area contributed by atoms with Crippen molar-refractivity contribution in [2.24, 2.45) is 0 Å². The van der Waals surface area contributed by atoms with E-state index in [4.69, 9.17) is 9.47 Å². The van der Waals surface area contributed by atoms with E-state index in [0.717, 1.165) is 29.5 Å². The Morgan fingerprint density at radius 1 is 0.838 bits per heavy atom. The zero-order chi connectivity index (χ0) is 26.0. The number of hydrogen-bond acceptors (Lipinski definition) is 7. The van der Waals surface area contributed by atoms with E-state index >= 15 is 0 Å². The molecule has 0 radical (unpaired) electrons. The Morgan fingerprint density at radius 3 is 1.97 bits per heavy atom. The number of hydrogen-bond donors (Lipinski definition) is 3. The van der Waals surface area contributed by atoms with Crippen molar-refractivity contribution in [1.82, 2.24) is 9.80 Å². The number of nitrogens with zero attached hydrogens (tertiary/aromatic N) is 2. The average Bonchev–Trinajstić information content (AvgIpc) is 3.35. The van der Waals surface area contributed by atoms with Crippen LogP contribution in [-0.2, 0) is 25.9 Å². The normalized spacial score (nSPS) is 23.8. The minimum Gasteiger partial charge on any atom is -0.508 e. The Kier molecular flexibility index (Phi) is 5.71. The van der Waals surface area contributed by atoms with Gasteiger partial charge in [-0.15, -0.1) is 0 Å². The fraction of sp³-hybridized carbons (Fsp3) is 0.500. The Morgan fingerprint density at radius 2 is 1.38 bits per heavy atom. The van der Waals surface area contributed by atoms with Gasteiger partial charge in [0, 0.05) is 41.8 Å². The van der Waals surface area contributed by atoms with Gasteiger partial charge in [-0.25, -0.2) is 0 Å². The number of benzene rings is 2. The van der Waals surface area contributed by atoms with Gasteiger partial charge < -0.3 is 34.6 Å².